The number of nitrogens with zero attached hydrogens (tertiary/aromatic N) is 1. The average molecular weight is 633 g/mol. The molecule has 8 heteroatoms. The number of amides is 1. The summed E-state index contributed by atoms with van der Waals surface area (Å²) in [5, 5.41) is 14.3. The van der Waals surface area contributed by atoms with E-state index in [9.17, 15) is 24.5 Å². The quantitative estimate of drug-likeness (QED) is 0.202. The molecule has 8 nitrogen and oxygen atoms in total. The summed E-state index contributed by atoms with van der Waals surface area (Å²) in [5.41, 5.74) is 0.142. The maximum absolute atomic E-state index is 14.7. The number of hydrogen-bond acceptors (Lipinski definition) is 6. The van der Waals surface area contributed by atoms with E-state index in [4.69, 9.17) is 4.74 Å². The molecule has 0 heterocycles. The van der Waals surface area contributed by atoms with Crippen molar-refractivity contribution in [2.75, 3.05) is 5.32 Å². The third-order valence-corrected chi connectivity index (χ3v) is 14.7. The fourth-order valence-corrected chi connectivity index (χ4v) is 11.8. The molecule has 0 radical (unpaired) electrons. The number of nitro groups is 1. The average Bonchev–Trinajstić information content (AvgIpc) is 2.96. The summed E-state index contributed by atoms with van der Waals surface area (Å²) in [6.45, 7) is 17.5. The summed E-state index contributed by atoms with van der Waals surface area (Å²) >= 11 is 0. The highest BCUT2D eigenvalue weighted by atomic mass is 16.6. The molecule has 0 aromatic heterocycles. The molecule has 1 N–H and O–H groups in total. The van der Waals surface area contributed by atoms with Gasteiger partial charge in [0.2, 0.25) is 5.91 Å². The van der Waals surface area contributed by atoms with E-state index < -0.39 is 10.3 Å². The zero-order valence-electron chi connectivity index (χ0n) is 29.0. The minimum atomic E-state index is -0.669. The van der Waals surface area contributed by atoms with Gasteiger partial charge in [0.15, 0.2) is 5.78 Å². The van der Waals surface area contributed by atoms with Gasteiger partial charge in [0.25, 0.3) is 5.69 Å². The number of ether oxygens (including phenoxy) is 1. The number of anilines is 1. The number of carbonyl (C=O) groups excluding carboxylic acids is 3. The number of carbonyl (C=O) groups is 3. The molecule has 0 saturated heterocycles. The van der Waals surface area contributed by atoms with Crippen molar-refractivity contribution in [2.45, 2.75) is 119 Å². The van der Waals surface area contributed by atoms with Crippen molar-refractivity contribution in [1.29, 1.82) is 0 Å². The number of nitro benzene ring substituents is 1. The molecule has 5 aliphatic carbocycles. The van der Waals surface area contributed by atoms with Crippen molar-refractivity contribution in [1.82, 2.24) is 0 Å². The molecule has 0 spiro atoms. The summed E-state index contributed by atoms with van der Waals surface area (Å²) < 4.78 is 5.86. The van der Waals surface area contributed by atoms with Crippen LogP contribution in [-0.4, -0.2) is 28.7 Å². The third kappa shape index (κ3) is 4.62. The summed E-state index contributed by atoms with van der Waals surface area (Å²) in [7, 11) is 0. The van der Waals surface area contributed by atoms with Gasteiger partial charge >= 0.3 is 5.97 Å². The van der Waals surface area contributed by atoms with Crippen LogP contribution in [0, 0.1) is 60.4 Å². The van der Waals surface area contributed by atoms with Crippen molar-refractivity contribution < 1.29 is 24.0 Å². The van der Waals surface area contributed by atoms with Crippen LogP contribution in [-0.2, 0) is 19.1 Å². The number of rotatable bonds is 4. The van der Waals surface area contributed by atoms with Crippen LogP contribution in [0.15, 0.2) is 35.9 Å². The molecule has 1 aromatic carbocycles. The Morgan fingerprint density at radius 3 is 2.33 bits per heavy atom. The predicted molar refractivity (Wildman–Crippen MR) is 177 cm³/mol. The van der Waals surface area contributed by atoms with Gasteiger partial charge in [-0.15, -0.1) is 0 Å². The lowest BCUT2D eigenvalue weighted by Crippen LogP contribution is -2.66. The van der Waals surface area contributed by atoms with Crippen molar-refractivity contribution in [3.8, 4) is 0 Å². The van der Waals surface area contributed by atoms with Crippen LogP contribution >= 0.6 is 0 Å². The van der Waals surface area contributed by atoms with Crippen molar-refractivity contribution >= 4 is 29.0 Å². The van der Waals surface area contributed by atoms with E-state index in [1.807, 2.05) is 13.0 Å². The molecule has 1 amide bonds. The van der Waals surface area contributed by atoms with Gasteiger partial charge in [-0.1, -0.05) is 60.1 Å². The maximum Gasteiger partial charge on any atom is 0.302 e. The first kappa shape index (κ1) is 32.9. The van der Waals surface area contributed by atoms with Crippen LogP contribution in [0.2, 0.25) is 0 Å². The van der Waals surface area contributed by atoms with Gasteiger partial charge in [0.05, 0.1) is 4.92 Å². The van der Waals surface area contributed by atoms with Gasteiger partial charge in [0.1, 0.15) is 6.10 Å². The number of non-ortho nitro benzene ring substituents is 1. The number of hydrogen-bond donors (Lipinski definition) is 1. The number of allylic oxidation sites excluding steroid dienone is 2. The molecule has 1 aromatic rings. The molecule has 5 aliphatic rings. The highest BCUT2D eigenvalue weighted by Crippen LogP contribution is 2.75. The van der Waals surface area contributed by atoms with Crippen LogP contribution < -0.4 is 5.32 Å². The molecule has 0 bridgehead atoms. The van der Waals surface area contributed by atoms with Crippen molar-refractivity contribution in [3.05, 3.63) is 46.0 Å². The Kier molecular flexibility index (Phi) is 7.50. The Labute approximate surface area is 273 Å². The lowest BCUT2D eigenvalue weighted by Gasteiger charge is -2.70. The first-order valence-electron chi connectivity index (χ1n) is 17.3. The van der Waals surface area contributed by atoms with Crippen LogP contribution in [0.25, 0.3) is 0 Å². The number of esters is 1. The van der Waals surface area contributed by atoms with Crippen LogP contribution in [0.5, 0.6) is 0 Å². The normalized spacial score (nSPS) is 42.7. The first-order chi connectivity index (χ1) is 21.3. The molecule has 6 rings (SSSR count). The summed E-state index contributed by atoms with van der Waals surface area (Å²) in [5.74, 6) is 0.143. The molecular formula is C38H52N2O6. The number of fused-ring (bicyclic) bond motifs is 7. The van der Waals surface area contributed by atoms with Crippen LogP contribution in [0.1, 0.15) is 113 Å². The Morgan fingerprint density at radius 1 is 0.957 bits per heavy atom. The van der Waals surface area contributed by atoms with E-state index >= 15 is 0 Å². The fraction of sp³-hybridized carbons (Fsp3) is 0.711. The lowest BCUT2D eigenvalue weighted by molar-refractivity contribution is -0.384. The highest BCUT2D eigenvalue weighted by molar-refractivity contribution is 5.97. The van der Waals surface area contributed by atoms with E-state index in [0.29, 0.717) is 12.1 Å². The lowest BCUT2D eigenvalue weighted by atomic mass is 9.33. The first-order valence-corrected chi connectivity index (χ1v) is 17.3. The van der Waals surface area contributed by atoms with Gasteiger partial charge in [-0.3, -0.25) is 24.5 Å². The van der Waals surface area contributed by atoms with Gasteiger partial charge < -0.3 is 10.1 Å². The second-order valence-electron chi connectivity index (χ2n) is 17.5. The zero-order chi connectivity index (χ0) is 33.7. The maximum atomic E-state index is 14.7. The van der Waals surface area contributed by atoms with Gasteiger partial charge in [0, 0.05) is 41.5 Å². The molecule has 9 atom stereocenters. The Morgan fingerprint density at radius 2 is 1.65 bits per heavy atom. The van der Waals surface area contributed by atoms with Crippen LogP contribution in [0.4, 0.5) is 11.4 Å². The van der Waals surface area contributed by atoms with E-state index in [-0.39, 0.29) is 74.3 Å². The monoisotopic (exact) mass is 632 g/mol. The number of benzene rings is 1. The van der Waals surface area contributed by atoms with Gasteiger partial charge in [-0.05, 0) is 103 Å². The second-order valence-corrected chi connectivity index (χ2v) is 17.5. The highest BCUT2D eigenvalue weighted by Gasteiger charge is 2.70. The molecule has 0 unspecified atom stereocenters. The fourth-order valence-electron chi connectivity index (χ4n) is 11.8. The number of ketones is 1. The van der Waals surface area contributed by atoms with Crippen molar-refractivity contribution in [3.63, 3.8) is 0 Å². The number of nitrogens with one attached hydrogen (secondary N) is 1. The van der Waals surface area contributed by atoms with E-state index in [0.717, 1.165) is 51.4 Å². The minimum absolute atomic E-state index is 0.00528. The van der Waals surface area contributed by atoms with E-state index in [1.165, 1.54) is 24.6 Å². The second kappa shape index (κ2) is 10.5. The van der Waals surface area contributed by atoms with E-state index in [1.54, 1.807) is 12.1 Å². The zero-order valence-corrected chi connectivity index (χ0v) is 29.0. The molecule has 0 aliphatic heterocycles. The Hall–Kier alpha value is -3.03. The molecule has 4 fully saturated rings. The smallest absolute Gasteiger partial charge is 0.302 e. The summed E-state index contributed by atoms with van der Waals surface area (Å²) in [6.07, 6.45) is 9.82. The molecule has 250 valence electrons. The summed E-state index contributed by atoms with van der Waals surface area (Å²) in [4.78, 5) is 51.4. The molecule has 46 heavy (non-hydrogen) atoms. The van der Waals surface area contributed by atoms with Crippen molar-refractivity contribution in [2.24, 2.45) is 50.2 Å². The van der Waals surface area contributed by atoms with Crippen LogP contribution in [0.3, 0.4) is 0 Å². The Bertz CT molecular complexity index is 1530. The molecular weight excluding hydrogens is 580 g/mol. The summed E-state index contributed by atoms with van der Waals surface area (Å²) in [6, 6.07) is 6.12. The predicted octanol–water partition coefficient (Wildman–Crippen LogP) is 8.45. The third-order valence-electron chi connectivity index (χ3n) is 14.7. The standard InChI is InChI=1S/C38H52N2O6/c1-23(41)46-30-13-14-36(6)29(33(30,2)3)12-15-38(8)31(36)28(42)21-26-27-22-35(5,17-16-34(27,4)18-19-37(26,38)7)32(43)39-24-10-9-11-25(20-24)40(44)45/h9-11,20-21,27,29-31H,12-19,22H2,1-8H3,(H,39,43)/t27-,29-,30-,31-,34-,35+,36+,37+,38-/m1/s1. The topological polar surface area (TPSA) is 116 Å². The largest absolute Gasteiger partial charge is 0.462 e. The van der Waals surface area contributed by atoms with Gasteiger partial charge in [-0.25, -0.2) is 0 Å². The molecule has 4 saturated carbocycles. The Balaban J connectivity index is 1.33. The minimum Gasteiger partial charge on any atom is -0.462 e. The van der Waals surface area contributed by atoms with E-state index in [2.05, 4.69) is 46.9 Å². The van der Waals surface area contributed by atoms with Gasteiger partial charge in [-0.2, -0.15) is 0 Å². The SMILES string of the molecule is CC(=O)O[C@@H]1CC[C@@]2(C)[C@H](CC[C@]3(C)[C@@H]2C(=O)C=C2[C@H]4C[C@@](C)(C(=O)Nc5cccc([N+](=O)[O-])c5)CC[C@]4(C)CC[C@@]23C)C1(C)C.